The van der Waals surface area contributed by atoms with E-state index in [0.717, 1.165) is 30.9 Å². The molecular formula is C37H32NO2+. The monoisotopic (exact) mass is 522 g/mol. The second kappa shape index (κ2) is 9.84. The van der Waals surface area contributed by atoms with Gasteiger partial charge in [-0.25, -0.2) is 0 Å². The van der Waals surface area contributed by atoms with Crippen LogP contribution < -0.4 is 14.0 Å². The zero-order valence-electron chi connectivity index (χ0n) is 23.2. The molecule has 3 nitrogen and oxygen atoms in total. The van der Waals surface area contributed by atoms with Gasteiger partial charge in [-0.2, -0.15) is 4.57 Å². The molecule has 7 rings (SSSR count). The number of pyridine rings is 1. The molecule has 0 amide bonds. The molecule has 0 unspecified atom stereocenters. The van der Waals surface area contributed by atoms with Crippen molar-refractivity contribution in [2.45, 2.75) is 26.3 Å². The van der Waals surface area contributed by atoms with E-state index in [1.165, 1.54) is 65.5 Å². The van der Waals surface area contributed by atoms with Crippen LogP contribution in [0.15, 0.2) is 103 Å². The molecule has 6 aromatic carbocycles. The Bertz CT molecular complexity index is 1970. The third-order valence-corrected chi connectivity index (χ3v) is 8.26. The van der Waals surface area contributed by atoms with Gasteiger partial charge in [0.25, 0.3) is 0 Å². The summed E-state index contributed by atoms with van der Waals surface area (Å²) in [6.45, 7) is 3.20. The van der Waals surface area contributed by atoms with E-state index in [1.807, 2.05) is 0 Å². The van der Waals surface area contributed by atoms with Crippen LogP contribution in [0.4, 0.5) is 0 Å². The van der Waals surface area contributed by atoms with Crippen LogP contribution in [-0.4, -0.2) is 14.2 Å². The highest BCUT2D eigenvalue weighted by atomic mass is 16.5. The zero-order valence-corrected chi connectivity index (χ0v) is 23.2. The largest absolute Gasteiger partial charge is 0.497 e. The Hall–Kier alpha value is -4.63. The zero-order chi connectivity index (χ0) is 27.2. The Balaban J connectivity index is 1.65. The summed E-state index contributed by atoms with van der Waals surface area (Å²) in [5, 5.41) is 10.4. The number of nitrogens with zero attached hydrogens (tertiary/aromatic N) is 1. The van der Waals surface area contributed by atoms with Gasteiger partial charge < -0.3 is 9.47 Å². The van der Waals surface area contributed by atoms with E-state index in [4.69, 9.17) is 9.47 Å². The van der Waals surface area contributed by atoms with Gasteiger partial charge in [0.2, 0.25) is 5.69 Å². The number of hydrogen-bond acceptors (Lipinski definition) is 2. The molecule has 0 aliphatic heterocycles. The number of benzene rings is 6. The van der Waals surface area contributed by atoms with E-state index >= 15 is 0 Å². The summed E-state index contributed by atoms with van der Waals surface area (Å²) >= 11 is 0. The van der Waals surface area contributed by atoms with Crippen LogP contribution in [0.2, 0.25) is 0 Å². The molecule has 0 bridgehead atoms. The minimum Gasteiger partial charge on any atom is -0.497 e. The third kappa shape index (κ3) is 3.84. The Morgan fingerprint density at radius 1 is 0.600 bits per heavy atom. The van der Waals surface area contributed by atoms with E-state index in [-0.39, 0.29) is 0 Å². The third-order valence-electron chi connectivity index (χ3n) is 8.26. The van der Waals surface area contributed by atoms with Crippen molar-refractivity contribution >= 4 is 43.1 Å². The number of rotatable bonds is 7. The van der Waals surface area contributed by atoms with Gasteiger partial charge in [-0.3, -0.25) is 0 Å². The van der Waals surface area contributed by atoms with Gasteiger partial charge in [-0.05, 0) is 80.3 Å². The summed E-state index contributed by atoms with van der Waals surface area (Å²) < 4.78 is 13.5. The first-order chi connectivity index (χ1) is 19.7. The molecule has 196 valence electrons. The van der Waals surface area contributed by atoms with Crippen LogP contribution in [0.3, 0.4) is 0 Å². The second-order valence-electron chi connectivity index (χ2n) is 10.6. The van der Waals surface area contributed by atoms with Crippen LogP contribution in [0.5, 0.6) is 11.5 Å². The number of methoxy groups -OCH3 is 2. The van der Waals surface area contributed by atoms with Gasteiger partial charge in [0.05, 0.1) is 25.2 Å². The van der Waals surface area contributed by atoms with Crippen LogP contribution in [-0.2, 0) is 6.54 Å². The van der Waals surface area contributed by atoms with Crippen LogP contribution in [0.1, 0.15) is 19.8 Å². The Kier molecular flexibility index (Phi) is 6.00. The van der Waals surface area contributed by atoms with Gasteiger partial charge in [0, 0.05) is 17.4 Å². The van der Waals surface area contributed by atoms with E-state index < -0.39 is 0 Å². The van der Waals surface area contributed by atoms with Gasteiger partial charge in [-0.15, -0.1) is 0 Å². The SMILES string of the molecule is CCCC[n+]1cc2c(cc3ccc4cccc5ccc2c3c45)c(-c2ccc(OC)cc2)c1-c1ccc(OC)cc1. The standard InChI is InChI=1S/C37H32NO2/c1-4-5-21-38-23-33-31-20-15-25-8-6-7-24-9-10-28(35(31)34(24)25)22-32(33)36(26-11-16-29(39-2)17-12-26)37(38)27-13-18-30(40-3)19-14-27/h6-20,22-23H,4-5,21H2,1-3H3/q+1. The summed E-state index contributed by atoms with van der Waals surface area (Å²) in [4.78, 5) is 0. The number of aryl methyl sites for hydroxylation is 1. The molecule has 7 aromatic rings. The van der Waals surface area contributed by atoms with Crippen molar-refractivity contribution in [1.29, 1.82) is 0 Å². The fourth-order valence-corrected chi connectivity index (χ4v) is 6.28. The summed E-state index contributed by atoms with van der Waals surface area (Å²) in [7, 11) is 3.44. The molecular weight excluding hydrogens is 490 g/mol. The number of fused-ring (bicyclic) bond motifs is 2. The topological polar surface area (TPSA) is 22.3 Å². The minimum atomic E-state index is 0.858. The predicted molar refractivity (Wildman–Crippen MR) is 167 cm³/mol. The first-order valence-electron chi connectivity index (χ1n) is 14.1. The average molecular weight is 523 g/mol. The second-order valence-corrected chi connectivity index (χ2v) is 10.6. The molecule has 0 N–H and O–H groups in total. The maximum Gasteiger partial charge on any atom is 0.221 e. The first kappa shape index (κ1) is 24.4. The smallest absolute Gasteiger partial charge is 0.221 e. The number of ether oxygens (including phenoxy) is 2. The minimum absolute atomic E-state index is 0.858. The predicted octanol–water partition coefficient (Wildman–Crippen LogP) is 9.18. The summed E-state index contributed by atoms with van der Waals surface area (Å²) in [6, 6.07) is 35.1. The number of unbranched alkanes of at least 4 members (excludes halogenated alkanes) is 1. The molecule has 0 atom stereocenters. The summed E-state index contributed by atoms with van der Waals surface area (Å²) in [6.07, 6.45) is 4.63. The lowest BCUT2D eigenvalue weighted by atomic mass is 9.87. The molecule has 0 radical (unpaired) electrons. The molecule has 0 aliphatic carbocycles. The van der Waals surface area contributed by atoms with E-state index in [1.54, 1.807) is 14.2 Å². The van der Waals surface area contributed by atoms with Gasteiger partial charge in [-0.1, -0.05) is 67.9 Å². The van der Waals surface area contributed by atoms with Gasteiger partial charge in [0.1, 0.15) is 18.0 Å². The van der Waals surface area contributed by atoms with E-state index in [0.29, 0.717) is 0 Å². The fraction of sp³-hybridized carbons (Fsp3) is 0.162. The van der Waals surface area contributed by atoms with Crippen molar-refractivity contribution < 1.29 is 14.0 Å². The van der Waals surface area contributed by atoms with Crippen LogP contribution in [0.25, 0.3) is 65.5 Å². The Labute approximate surface area is 234 Å². The van der Waals surface area contributed by atoms with Gasteiger partial charge >= 0.3 is 0 Å². The fourth-order valence-electron chi connectivity index (χ4n) is 6.28. The Morgan fingerprint density at radius 3 is 1.88 bits per heavy atom. The molecule has 0 aliphatic rings. The molecule has 0 saturated carbocycles. The highest BCUT2D eigenvalue weighted by molar-refractivity contribution is 6.30. The molecule has 0 spiro atoms. The van der Waals surface area contributed by atoms with Crippen molar-refractivity contribution in [2.24, 2.45) is 0 Å². The first-order valence-corrected chi connectivity index (χ1v) is 14.1. The maximum atomic E-state index is 5.52. The highest BCUT2D eigenvalue weighted by Gasteiger charge is 2.26. The quantitative estimate of drug-likeness (QED) is 0.118. The number of aromatic nitrogens is 1. The van der Waals surface area contributed by atoms with E-state index in [9.17, 15) is 0 Å². The molecule has 1 aromatic heterocycles. The van der Waals surface area contributed by atoms with Crippen molar-refractivity contribution in [3.8, 4) is 33.9 Å². The molecule has 3 heteroatoms. The lowest BCUT2D eigenvalue weighted by Gasteiger charge is -2.18. The maximum absolute atomic E-state index is 5.52. The van der Waals surface area contributed by atoms with Crippen molar-refractivity contribution in [3.05, 3.63) is 103 Å². The highest BCUT2D eigenvalue weighted by Crippen LogP contribution is 2.43. The average Bonchev–Trinajstić information content (AvgIpc) is 3.02. The molecule has 0 saturated heterocycles. The van der Waals surface area contributed by atoms with Crippen molar-refractivity contribution in [2.75, 3.05) is 14.2 Å². The number of hydrogen-bond donors (Lipinski definition) is 0. The summed E-state index contributed by atoms with van der Waals surface area (Å²) in [5.41, 5.74) is 4.82. The van der Waals surface area contributed by atoms with Crippen LogP contribution in [0, 0.1) is 0 Å². The lowest BCUT2D eigenvalue weighted by Crippen LogP contribution is -2.36. The van der Waals surface area contributed by atoms with E-state index in [2.05, 4.69) is 115 Å². The van der Waals surface area contributed by atoms with Crippen molar-refractivity contribution in [3.63, 3.8) is 0 Å². The summed E-state index contributed by atoms with van der Waals surface area (Å²) in [5.74, 6) is 1.72. The Morgan fingerprint density at radius 2 is 1.23 bits per heavy atom. The lowest BCUT2D eigenvalue weighted by molar-refractivity contribution is -0.684. The van der Waals surface area contributed by atoms with Crippen LogP contribution >= 0.6 is 0 Å². The van der Waals surface area contributed by atoms with Gasteiger partial charge in [0.15, 0.2) is 6.20 Å². The van der Waals surface area contributed by atoms with Crippen molar-refractivity contribution in [1.82, 2.24) is 0 Å². The molecule has 0 fully saturated rings. The normalized spacial score (nSPS) is 11.7. The molecule has 40 heavy (non-hydrogen) atoms. The molecule has 1 heterocycles.